The first-order valence-corrected chi connectivity index (χ1v) is 5.76. The maximum absolute atomic E-state index is 5.77. The van der Waals surface area contributed by atoms with Gasteiger partial charge in [0, 0.05) is 6.07 Å². The molecule has 1 heterocycles. The molecule has 1 aromatic rings. The van der Waals surface area contributed by atoms with Crippen molar-refractivity contribution in [2.24, 2.45) is 0 Å². The molecule has 1 fully saturated rings. The molecule has 3 nitrogen and oxygen atoms in total. The third-order valence-corrected chi connectivity index (χ3v) is 2.26. The Morgan fingerprint density at radius 1 is 1.31 bits per heavy atom. The maximum atomic E-state index is 5.77. The summed E-state index contributed by atoms with van der Waals surface area (Å²) < 4.78 is 11.5. The van der Waals surface area contributed by atoms with E-state index >= 15 is 0 Å². The fourth-order valence-corrected chi connectivity index (χ4v) is 1.39. The number of aromatic nitrogens is 1. The number of pyridine rings is 1. The minimum Gasteiger partial charge on any atom is -0.488 e. The van der Waals surface area contributed by atoms with Crippen LogP contribution in [0, 0.1) is 6.92 Å². The summed E-state index contributed by atoms with van der Waals surface area (Å²) in [6, 6.07) is 1.94. The van der Waals surface area contributed by atoms with E-state index in [1.165, 1.54) is 0 Å². The van der Waals surface area contributed by atoms with Crippen molar-refractivity contribution in [2.45, 2.75) is 52.2 Å². The van der Waals surface area contributed by atoms with E-state index in [0.29, 0.717) is 6.10 Å². The molecule has 1 aliphatic carbocycles. The predicted octanol–water partition coefficient (Wildman–Crippen LogP) is 3.11. The Kier molecular flexibility index (Phi) is 2.78. The third-order valence-electron chi connectivity index (χ3n) is 2.26. The summed E-state index contributed by atoms with van der Waals surface area (Å²) in [4.78, 5) is 4.29. The zero-order valence-corrected chi connectivity index (χ0v) is 10.4. The minimum atomic E-state index is -0.201. The maximum Gasteiger partial charge on any atom is 0.144 e. The van der Waals surface area contributed by atoms with Gasteiger partial charge in [0.25, 0.3) is 0 Å². The lowest BCUT2D eigenvalue weighted by Crippen LogP contribution is -2.23. The lowest BCUT2D eigenvalue weighted by Gasteiger charge is -2.21. The molecule has 0 aromatic carbocycles. The van der Waals surface area contributed by atoms with Crippen LogP contribution in [0.3, 0.4) is 0 Å². The van der Waals surface area contributed by atoms with Gasteiger partial charge in [0.2, 0.25) is 0 Å². The molecule has 3 heteroatoms. The standard InChI is InChI=1S/C13H19NO2/c1-9-12(15-10-5-6-10)7-11(8-14-9)16-13(2,3)4/h7-8,10H,5-6H2,1-4H3. The summed E-state index contributed by atoms with van der Waals surface area (Å²) in [7, 11) is 0. The van der Waals surface area contributed by atoms with Gasteiger partial charge in [-0.25, -0.2) is 0 Å². The Labute approximate surface area is 96.8 Å². The summed E-state index contributed by atoms with van der Waals surface area (Å²) in [5.74, 6) is 1.62. The molecular weight excluding hydrogens is 202 g/mol. The molecule has 0 unspecified atom stereocenters. The highest BCUT2D eigenvalue weighted by Crippen LogP contribution is 2.31. The second-order valence-electron chi connectivity index (χ2n) is 5.29. The van der Waals surface area contributed by atoms with E-state index in [2.05, 4.69) is 4.98 Å². The predicted molar refractivity (Wildman–Crippen MR) is 63.0 cm³/mol. The van der Waals surface area contributed by atoms with Crippen molar-refractivity contribution in [3.63, 3.8) is 0 Å². The molecule has 88 valence electrons. The number of hydrogen-bond acceptors (Lipinski definition) is 3. The van der Waals surface area contributed by atoms with Crippen LogP contribution in [0.5, 0.6) is 11.5 Å². The summed E-state index contributed by atoms with van der Waals surface area (Å²) in [5.41, 5.74) is 0.724. The van der Waals surface area contributed by atoms with Gasteiger partial charge in [-0.15, -0.1) is 0 Å². The Hall–Kier alpha value is -1.25. The number of rotatable bonds is 3. The average Bonchev–Trinajstić information content (AvgIpc) is 2.92. The molecule has 0 bridgehead atoms. The summed E-state index contributed by atoms with van der Waals surface area (Å²) in [6.45, 7) is 8.02. The first kappa shape index (κ1) is 11.2. The van der Waals surface area contributed by atoms with Gasteiger partial charge in [0.15, 0.2) is 0 Å². The van der Waals surface area contributed by atoms with Crippen LogP contribution in [0.25, 0.3) is 0 Å². The fraction of sp³-hybridized carbons (Fsp3) is 0.615. The molecule has 2 rings (SSSR count). The molecule has 1 aromatic heterocycles. The van der Waals surface area contributed by atoms with Crippen LogP contribution in [-0.2, 0) is 0 Å². The summed E-state index contributed by atoms with van der Waals surface area (Å²) in [6.07, 6.45) is 4.46. The molecule has 0 N–H and O–H groups in total. The minimum absolute atomic E-state index is 0.201. The SMILES string of the molecule is Cc1ncc(OC(C)(C)C)cc1OC1CC1. The number of aryl methyl sites for hydroxylation is 1. The number of hydrogen-bond donors (Lipinski definition) is 0. The van der Waals surface area contributed by atoms with Crippen molar-refractivity contribution < 1.29 is 9.47 Å². The molecule has 0 saturated heterocycles. The van der Waals surface area contributed by atoms with Gasteiger partial charge in [0.1, 0.15) is 17.1 Å². The Balaban J connectivity index is 2.14. The smallest absolute Gasteiger partial charge is 0.144 e. The van der Waals surface area contributed by atoms with Crippen molar-refractivity contribution in [1.82, 2.24) is 4.98 Å². The van der Waals surface area contributed by atoms with Gasteiger partial charge in [-0.2, -0.15) is 0 Å². The van der Waals surface area contributed by atoms with Crippen molar-refractivity contribution >= 4 is 0 Å². The lowest BCUT2D eigenvalue weighted by atomic mass is 10.2. The second-order valence-corrected chi connectivity index (χ2v) is 5.29. The van der Waals surface area contributed by atoms with E-state index in [0.717, 1.165) is 30.0 Å². The van der Waals surface area contributed by atoms with Crippen LogP contribution in [0.15, 0.2) is 12.3 Å². The van der Waals surface area contributed by atoms with E-state index in [9.17, 15) is 0 Å². The molecule has 1 saturated carbocycles. The van der Waals surface area contributed by atoms with Crippen molar-refractivity contribution in [1.29, 1.82) is 0 Å². The van der Waals surface area contributed by atoms with Crippen LogP contribution >= 0.6 is 0 Å². The zero-order valence-electron chi connectivity index (χ0n) is 10.4. The van der Waals surface area contributed by atoms with Gasteiger partial charge in [0.05, 0.1) is 18.0 Å². The highest BCUT2D eigenvalue weighted by atomic mass is 16.5. The largest absolute Gasteiger partial charge is 0.488 e. The molecule has 16 heavy (non-hydrogen) atoms. The zero-order chi connectivity index (χ0) is 11.8. The van der Waals surface area contributed by atoms with Crippen molar-refractivity contribution in [3.05, 3.63) is 18.0 Å². The van der Waals surface area contributed by atoms with E-state index < -0.39 is 0 Å². The topological polar surface area (TPSA) is 31.4 Å². The van der Waals surface area contributed by atoms with E-state index in [-0.39, 0.29) is 5.60 Å². The number of ether oxygens (including phenoxy) is 2. The molecule has 0 aliphatic heterocycles. The second kappa shape index (κ2) is 3.96. The van der Waals surface area contributed by atoms with Crippen molar-refractivity contribution in [2.75, 3.05) is 0 Å². The average molecular weight is 221 g/mol. The quantitative estimate of drug-likeness (QED) is 0.786. The monoisotopic (exact) mass is 221 g/mol. The van der Waals surface area contributed by atoms with Gasteiger partial charge >= 0.3 is 0 Å². The van der Waals surface area contributed by atoms with Crippen LogP contribution < -0.4 is 9.47 Å². The Bertz CT molecular complexity index is 378. The van der Waals surface area contributed by atoms with Crippen LogP contribution in [-0.4, -0.2) is 16.7 Å². The first-order valence-electron chi connectivity index (χ1n) is 5.76. The molecule has 0 radical (unpaired) electrons. The van der Waals surface area contributed by atoms with Gasteiger partial charge in [-0.05, 0) is 40.5 Å². The van der Waals surface area contributed by atoms with Crippen LogP contribution in [0.2, 0.25) is 0 Å². The third kappa shape index (κ3) is 3.12. The molecule has 1 aliphatic rings. The van der Waals surface area contributed by atoms with Gasteiger partial charge in [-0.1, -0.05) is 0 Å². The fourth-order valence-electron chi connectivity index (χ4n) is 1.39. The summed E-state index contributed by atoms with van der Waals surface area (Å²) in [5, 5.41) is 0. The molecule has 0 amide bonds. The lowest BCUT2D eigenvalue weighted by molar-refractivity contribution is 0.129. The normalized spacial score (nSPS) is 16.0. The van der Waals surface area contributed by atoms with Gasteiger partial charge < -0.3 is 9.47 Å². The van der Waals surface area contributed by atoms with Gasteiger partial charge in [-0.3, -0.25) is 4.98 Å². The first-order chi connectivity index (χ1) is 7.44. The molecule has 0 atom stereocenters. The van der Waals surface area contributed by atoms with E-state index in [1.807, 2.05) is 33.8 Å². The van der Waals surface area contributed by atoms with E-state index in [1.54, 1.807) is 6.20 Å². The highest BCUT2D eigenvalue weighted by molar-refractivity contribution is 5.35. The van der Waals surface area contributed by atoms with Crippen molar-refractivity contribution in [3.8, 4) is 11.5 Å². The summed E-state index contributed by atoms with van der Waals surface area (Å²) >= 11 is 0. The Morgan fingerprint density at radius 2 is 2.00 bits per heavy atom. The Morgan fingerprint density at radius 3 is 2.56 bits per heavy atom. The van der Waals surface area contributed by atoms with Crippen LogP contribution in [0.4, 0.5) is 0 Å². The molecular formula is C13H19NO2. The van der Waals surface area contributed by atoms with E-state index in [4.69, 9.17) is 9.47 Å². The highest BCUT2D eigenvalue weighted by Gasteiger charge is 2.24. The van der Waals surface area contributed by atoms with Crippen LogP contribution in [0.1, 0.15) is 39.3 Å². The number of nitrogens with zero attached hydrogens (tertiary/aromatic N) is 1. The molecule has 0 spiro atoms.